The minimum absolute atomic E-state index is 0.492. The zero-order valence-corrected chi connectivity index (χ0v) is 8.15. The van der Waals surface area contributed by atoms with E-state index in [-0.39, 0.29) is 0 Å². The van der Waals surface area contributed by atoms with Gasteiger partial charge in [-0.05, 0) is 11.5 Å². The fourth-order valence-electron chi connectivity index (χ4n) is 1.58. The minimum Gasteiger partial charge on any atom is -0.268 e. The molecule has 0 aliphatic carbocycles. The molecule has 0 fully saturated rings. The smallest absolute Gasteiger partial charge is 0.0744 e. The summed E-state index contributed by atoms with van der Waals surface area (Å²) in [5.74, 6) is 0.492. The molecule has 0 radical (unpaired) electrons. The van der Waals surface area contributed by atoms with Crippen LogP contribution in [0.15, 0.2) is 18.6 Å². The normalized spacial score (nSPS) is 11.4. The Balaban J connectivity index is 2.80. The molecule has 0 unspecified atom stereocenters. The van der Waals surface area contributed by atoms with Gasteiger partial charge in [0, 0.05) is 24.8 Å². The van der Waals surface area contributed by atoms with Crippen LogP contribution in [0, 0.1) is 0 Å². The number of rotatable bonds is 1. The van der Waals surface area contributed by atoms with E-state index in [1.165, 1.54) is 11.1 Å². The highest BCUT2D eigenvalue weighted by Gasteiger charge is 2.08. The maximum absolute atomic E-state index is 4.22. The lowest BCUT2D eigenvalue weighted by molar-refractivity contribution is 0.778. The summed E-state index contributed by atoms with van der Waals surface area (Å²) in [6, 6.07) is 0. The first-order valence-corrected chi connectivity index (χ1v) is 4.45. The summed E-state index contributed by atoms with van der Waals surface area (Å²) in [4.78, 5) is 4.19. The Bertz CT molecular complexity index is 429. The second-order valence-corrected chi connectivity index (χ2v) is 3.59. The molecule has 3 heteroatoms. The lowest BCUT2D eigenvalue weighted by Gasteiger charge is -2.06. The Morgan fingerprint density at radius 2 is 2.00 bits per heavy atom. The van der Waals surface area contributed by atoms with Gasteiger partial charge in [0.2, 0.25) is 0 Å². The molecule has 68 valence electrons. The zero-order valence-electron chi connectivity index (χ0n) is 8.15. The number of hydrogen-bond acceptors (Lipinski definition) is 2. The van der Waals surface area contributed by atoms with Crippen molar-refractivity contribution in [3.05, 3.63) is 24.2 Å². The van der Waals surface area contributed by atoms with Crippen LogP contribution in [0.1, 0.15) is 25.3 Å². The van der Waals surface area contributed by atoms with Gasteiger partial charge in [0.15, 0.2) is 0 Å². The van der Waals surface area contributed by atoms with Crippen LogP contribution in [-0.2, 0) is 7.05 Å². The molecule has 2 aromatic rings. The van der Waals surface area contributed by atoms with Crippen LogP contribution in [0.3, 0.4) is 0 Å². The first-order chi connectivity index (χ1) is 6.20. The van der Waals surface area contributed by atoms with E-state index in [0.29, 0.717) is 5.92 Å². The van der Waals surface area contributed by atoms with E-state index >= 15 is 0 Å². The maximum atomic E-state index is 4.22. The standard InChI is InChI=1S/C10H13N3/c1-7(2)9-6-11-4-8-5-12-13(3)10(8)9/h4-7H,1-3H3. The topological polar surface area (TPSA) is 30.7 Å². The van der Waals surface area contributed by atoms with E-state index in [4.69, 9.17) is 0 Å². The first-order valence-electron chi connectivity index (χ1n) is 4.45. The molecule has 0 saturated carbocycles. The summed E-state index contributed by atoms with van der Waals surface area (Å²) in [5.41, 5.74) is 2.46. The molecule has 13 heavy (non-hydrogen) atoms. The minimum atomic E-state index is 0.492. The average Bonchev–Trinajstić information content (AvgIpc) is 2.48. The van der Waals surface area contributed by atoms with E-state index in [0.717, 1.165) is 5.39 Å². The summed E-state index contributed by atoms with van der Waals surface area (Å²) in [6.45, 7) is 4.34. The number of fused-ring (bicyclic) bond motifs is 1. The molecule has 2 rings (SSSR count). The van der Waals surface area contributed by atoms with Crippen molar-refractivity contribution in [3.8, 4) is 0 Å². The third kappa shape index (κ3) is 1.20. The van der Waals surface area contributed by atoms with Crippen molar-refractivity contribution in [3.63, 3.8) is 0 Å². The van der Waals surface area contributed by atoms with Crippen molar-refractivity contribution in [2.24, 2.45) is 7.05 Å². The van der Waals surface area contributed by atoms with Crippen molar-refractivity contribution >= 4 is 10.9 Å². The number of pyridine rings is 1. The van der Waals surface area contributed by atoms with Gasteiger partial charge in [-0.2, -0.15) is 5.10 Å². The van der Waals surface area contributed by atoms with Crippen molar-refractivity contribution in [2.45, 2.75) is 19.8 Å². The fraction of sp³-hybridized carbons (Fsp3) is 0.400. The molecular weight excluding hydrogens is 162 g/mol. The Morgan fingerprint density at radius 1 is 1.23 bits per heavy atom. The summed E-state index contributed by atoms with van der Waals surface area (Å²) < 4.78 is 1.91. The fourth-order valence-corrected chi connectivity index (χ4v) is 1.58. The van der Waals surface area contributed by atoms with E-state index in [1.54, 1.807) is 0 Å². The molecule has 0 amide bonds. The Kier molecular flexibility index (Phi) is 1.79. The van der Waals surface area contributed by atoms with Crippen LogP contribution in [-0.4, -0.2) is 14.8 Å². The maximum Gasteiger partial charge on any atom is 0.0744 e. The van der Waals surface area contributed by atoms with Gasteiger partial charge in [-0.1, -0.05) is 13.8 Å². The largest absolute Gasteiger partial charge is 0.268 e. The van der Waals surface area contributed by atoms with Crippen LogP contribution in [0.2, 0.25) is 0 Å². The highest BCUT2D eigenvalue weighted by Crippen LogP contribution is 2.22. The van der Waals surface area contributed by atoms with E-state index in [2.05, 4.69) is 23.9 Å². The third-order valence-electron chi connectivity index (χ3n) is 2.29. The first kappa shape index (κ1) is 8.23. The van der Waals surface area contributed by atoms with Crippen LogP contribution in [0.4, 0.5) is 0 Å². The summed E-state index contributed by atoms with van der Waals surface area (Å²) in [6.07, 6.45) is 5.64. The average molecular weight is 175 g/mol. The van der Waals surface area contributed by atoms with Gasteiger partial charge in [-0.3, -0.25) is 9.67 Å². The molecule has 0 aliphatic rings. The quantitative estimate of drug-likeness (QED) is 0.664. The summed E-state index contributed by atoms with van der Waals surface area (Å²) in [5, 5.41) is 5.33. The summed E-state index contributed by atoms with van der Waals surface area (Å²) >= 11 is 0. The van der Waals surface area contributed by atoms with Crippen molar-refractivity contribution < 1.29 is 0 Å². The second-order valence-electron chi connectivity index (χ2n) is 3.59. The van der Waals surface area contributed by atoms with Gasteiger partial charge in [-0.25, -0.2) is 0 Å². The zero-order chi connectivity index (χ0) is 9.42. The van der Waals surface area contributed by atoms with Crippen LogP contribution in [0.5, 0.6) is 0 Å². The molecule has 0 bridgehead atoms. The highest BCUT2D eigenvalue weighted by atomic mass is 15.2. The molecule has 0 N–H and O–H groups in total. The van der Waals surface area contributed by atoms with Crippen molar-refractivity contribution in [1.29, 1.82) is 0 Å². The molecule has 0 saturated heterocycles. The predicted octanol–water partition coefficient (Wildman–Crippen LogP) is 2.09. The van der Waals surface area contributed by atoms with Gasteiger partial charge in [-0.15, -0.1) is 0 Å². The lowest BCUT2D eigenvalue weighted by atomic mass is 10.0. The van der Waals surface area contributed by atoms with Gasteiger partial charge in [0.25, 0.3) is 0 Å². The Morgan fingerprint density at radius 3 is 2.69 bits per heavy atom. The molecule has 0 aromatic carbocycles. The molecule has 2 heterocycles. The van der Waals surface area contributed by atoms with Gasteiger partial charge < -0.3 is 0 Å². The second kappa shape index (κ2) is 2.83. The molecule has 2 aromatic heterocycles. The highest BCUT2D eigenvalue weighted by molar-refractivity contribution is 5.81. The van der Waals surface area contributed by atoms with E-state index in [1.807, 2.05) is 30.3 Å². The monoisotopic (exact) mass is 175 g/mol. The molecular formula is C10H13N3. The van der Waals surface area contributed by atoms with Crippen LogP contribution >= 0.6 is 0 Å². The van der Waals surface area contributed by atoms with E-state index in [9.17, 15) is 0 Å². The molecule has 3 nitrogen and oxygen atoms in total. The van der Waals surface area contributed by atoms with Crippen molar-refractivity contribution in [1.82, 2.24) is 14.8 Å². The molecule has 0 aliphatic heterocycles. The molecule has 0 spiro atoms. The number of aryl methyl sites for hydroxylation is 1. The number of hydrogen-bond donors (Lipinski definition) is 0. The Hall–Kier alpha value is -1.38. The summed E-state index contributed by atoms with van der Waals surface area (Å²) in [7, 11) is 1.97. The lowest BCUT2D eigenvalue weighted by Crippen LogP contribution is -1.96. The van der Waals surface area contributed by atoms with Gasteiger partial charge >= 0.3 is 0 Å². The third-order valence-corrected chi connectivity index (χ3v) is 2.29. The number of aromatic nitrogens is 3. The van der Waals surface area contributed by atoms with Crippen LogP contribution < -0.4 is 0 Å². The Labute approximate surface area is 77.4 Å². The van der Waals surface area contributed by atoms with Crippen LogP contribution in [0.25, 0.3) is 10.9 Å². The molecule has 0 atom stereocenters. The SMILES string of the molecule is CC(C)c1cncc2cnn(C)c12. The van der Waals surface area contributed by atoms with Gasteiger partial charge in [0.05, 0.1) is 11.7 Å². The number of nitrogens with zero attached hydrogens (tertiary/aromatic N) is 3. The van der Waals surface area contributed by atoms with Gasteiger partial charge in [0.1, 0.15) is 0 Å². The predicted molar refractivity (Wildman–Crippen MR) is 52.6 cm³/mol. The van der Waals surface area contributed by atoms with E-state index < -0.39 is 0 Å². The van der Waals surface area contributed by atoms with Crippen molar-refractivity contribution in [2.75, 3.05) is 0 Å².